The van der Waals surface area contributed by atoms with Crippen molar-refractivity contribution in [1.82, 2.24) is 0 Å². The highest BCUT2D eigenvalue weighted by molar-refractivity contribution is 7.47. The minimum Gasteiger partial charge on any atom is -0.462 e. The monoisotopic (exact) mass is 1210 g/mol. The van der Waals surface area contributed by atoms with Gasteiger partial charge in [0.1, 0.15) is 19.3 Å². The molecule has 17 nitrogen and oxygen atoms in total. The summed E-state index contributed by atoms with van der Waals surface area (Å²) < 4.78 is 67.7. The third-order valence-electron chi connectivity index (χ3n) is 13.9. The lowest BCUT2D eigenvalue weighted by Gasteiger charge is -2.21. The van der Waals surface area contributed by atoms with E-state index in [2.05, 4.69) is 58.9 Å². The highest BCUT2D eigenvalue weighted by Gasteiger charge is 2.30. The molecule has 0 aromatic heterocycles. The molecular weight excluding hydrogens is 1090 g/mol. The summed E-state index contributed by atoms with van der Waals surface area (Å²) in [7, 11) is -9.89. The number of hydrogen-bond donors (Lipinski definition) is 3. The second-order valence-corrected chi connectivity index (χ2v) is 25.5. The number of esters is 4. The average molecular weight is 1210 g/mol. The first-order chi connectivity index (χ1) is 39.5. The van der Waals surface area contributed by atoms with E-state index in [-0.39, 0.29) is 25.7 Å². The molecule has 0 saturated heterocycles. The molecule has 0 aliphatic rings. The van der Waals surface area contributed by atoms with Crippen LogP contribution in [0.25, 0.3) is 0 Å². The number of carbonyl (C=O) groups is 4. The molecule has 0 spiro atoms. The summed E-state index contributed by atoms with van der Waals surface area (Å²) in [5.74, 6) is -1.48. The zero-order chi connectivity index (χ0) is 60.6. The number of hydrogen-bond acceptors (Lipinski definition) is 15. The van der Waals surface area contributed by atoms with Crippen molar-refractivity contribution in [2.24, 2.45) is 5.92 Å². The summed E-state index contributed by atoms with van der Waals surface area (Å²) in [4.78, 5) is 71.9. The van der Waals surface area contributed by atoms with Crippen molar-refractivity contribution >= 4 is 39.5 Å². The Kier molecular flexibility index (Phi) is 54.7. The Morgan fingerprint density at radius 1 is 0.378 bits per heavy atom. The van der Waals surface area contributed by atoms with Gasteiger partial charge >= 0.3 is 39.5 Å². The summed E-state index contributed by atoms with van der Waals surface area (Å²) in [5, 5.41) is 10.5. The summed E-state index contributed by atoms with van der Waals surface area (Å²) in [6.45, 7) is 6.96. The minimum absolute atomic E-state index is 0.0850. The molecule has 0 rings (SSSR count). The molecule has 0 heterocycles. The highest BCUT2D eigenvalue weighted by Crippen LogP contribution is 2.45. The SMILES string of the molecule is CCCCCC/C=C\C=C/CCCCCCCC(=O)O[C@H](COC(=O)CCCCCCCCCCCCCC)COP(=O)(O)OC[C@@H](O)COP(=O)(O)OC[C@@H](COC(=O)CCCCCCC)OC(=O)CCCCCCCCCC(C)C. The smallest absolute Gasteiger partial charge is 0.462 e. The number of aliphatic hydroxyl groups is 1. The van der Waals surface area contributed by atoms with Crippen molar-refractivity contribution in [3.63, 3.8) is 0 Å². The van der Waals surface area contributed by atoms with E-state index in [1.54, 1.807) is 0 Å². The molecule has 0 fully saturated rings. The van der Waals surface area contributed by atoms with Crippen LogP contribution in [0, 0.1) is 5.92 Å². The van der Waals surface area contributed by atoms with Gasteiger partial charge in [0.05, 0.1) is 26.4 Å². The molecule has 0 aromatic rings. The molecule has 0 saturated carbocycles. The fourth-order valence-electron chi connectivity index (χ4n) is 8.87. The fourth-order valence-corrected chi connectivity index (χ4v) is 10.4. The molecule has 0 aliphatic heterocycles. The lowest BCUT2D eigenvalue weighted by atomic mass is 10.0. The first kappa shape index (κ1) is 79.5. The average Bonchev–Trinajstić information content (AvgIpc) is 3.46. The zero-order valence-electron chi connectivity index (χ0n) is 52.1. The van der Waals surface area contributed by atoms with Gasteiger partial charge in [0, 0.05) is 25.7 Å². The molecule has 0 aliphatic carbocycles. The van der Waals surface area contributed by atoms with Gasteiger partial charge in [-0.2, -0.15) is 0 Å². The number of unbranched alkanes of at least 4 members (excludes halogenated alkanes) is 30. The number of ether oxygens (including phenoxy) is 4. The Labute approximate surface area is 497 Å². The lowest BCUT2D eigenvalue weighted by molar-refractivity contribution is -0.161. The van der Waals surface area contributed by atoms with Gasteiger partial charge in [0.25, 0.3) is 0 Å². The largest absolute Gasteiger partial charge is 0.472 e. The van der Waals surface area contributed by atoms with Crippen molar-refractivity contribution in [2.75, 3.05) is 39.6 Å². The maximum Gasteiger partial charge on any atom is 0.472 e. The quantitative estimate of drug-likeness (QED) is 0.0169. The van der Waals surface area contributed by atoms with Crippen LogP contribution in [0.5, 0.6) is 0 Å². The van der Waals surface area contributed by atoms with Crippen molar-refractivity contribution < 1.29 is 80.2 Å². The molecule has 0 amide bonds. The predicted molar refractivity (Wildman–Crippen MR) is 326 cm³/mol. The summed E-state index contributed by atoms with van der Waals surface area (Å²) >= 11 is 0. The van der Waals surface area contributed by atoms with Crippen LogP contribution in [0.2, 0.25) is 0 Å². The number of carbonyl (C=O) groups excluding carboxylic acids is 4. The molecule has 0 bridgehead atoms. The maximum atomic E-state index is 13.0. The molecule has 2 unspecified atom stereocenters. The van der Waals surface area contributed by atoms with Crippen LogP contribution in [-0.4, -0.2) is 96.7 Å². The van der Waals surface area contributed by atoms with E-state index < -0.39 is 97.5 Å². The van der Waals surface area contributed by atoms with Gasteiger partial charge in [0.15, 0.2) is 12.2 Å². The van der Waals surface area contributed by atoms with Crippen LogP contribution in [0.1, 0.15) is 291 Å². The van der Waals surface area contributed by atoms with E-state index in [0.717, 1.165) is 109 Å². The summed E-state index contributed by atoms with van der Waals surface area (Å²) in [6.07, 6.45) is 42.9. The third-order valence-corrected chi connectivity index (χ3v) is 15.8. The van der Waals surface area contributed by atoms with Crippen LogP contribution in [0.4, 0.5) is 0 Å². The third kappa shape index (κ3) is 56.7. The number of allylic oxidation sites excluding steroid dienone is 4. The van der Waals surface area contributed by atoms with E-state index >= 15 is 0 Å². The van der Waals surface area contributed by atoms with E-state index in [1.165, 1.54) is 96.3 Å². The van der Waals surface area contributed by atoms with Crippen molar-refractivity contribution in [3.05, 3.63) is 24.3 Å². The van der Waals surface area contributed by atoms with Crippen molar-refractivity contribution in [1.29, 1.82) is 0 Å². The summed E-state index contributed by atoms with van der Waals surface area (Å²) in [5.41, 5.74) is 0. The van der Waals surface area contributed by atoms with E-state index in [1.807, 2.05) is 0 Å². The highest BCUT2D eigenvalue weighted by atomic mass is 31.2. The maximum absolute atomic E-state index is 13.0. The van der Waals surface area contributed by atoms with Gasteiger partial charge in [-0.05, 0) is 57.3 Å². The molecule has 482 valence electrons. The Bertz CT molecular complexity index is 1690. The van der Waals surface area contributed by atoms with Gasteiger partial charge in [-0.1, -0.05) is 239 Å². The van der Waals surface area contributed by atoms with Crippen LogP contribution >= 0.6 is 15.6 Å². The number of aliphatic hydroxyl groups excluding tert-OH is 1. The number of rotatable bonds is 61. The fraction of sp³-hybridized carbons (Fsp3) is 0.873. The Morgan fingerprint density at radius 2 is 0.659 bits per heavy atom. The molecular formula is C63H118O17P2. The standard InChI is InChI=1S/C63H118O17P2/c1-6-9-12-15-17-19-21-23-24-25-27-29-33-38-43-48-62(67)80-59(53-74-61(66)47-42-37-32-28-26-22-20-18-16-13-10-7-2)55-78-82(71,72)76-51-57(64)50-75-81(69,70)77-54-58(52-73-60(65)46-41-35-14-11-8-3)79-63(68)49-44-39-34-30-31-36-40-45-56(4)5/h19,21,23-24,56-59,64H,6-18,20,22,25-55H2,1-5H3,(H,69,70)(H,71,72)/b21-19-,24-23-/t57-,58+,59+/m0/s1. The first-order valence-electron chi connectivity index (χ1n) is 32.5. The lowest BCUT2D eigenvalue weighted by Crippen LogP contribution is -2.30. The topological polar surface area (TPSA) is 237 Å². The Hall–Kier alpha value is -2.46. The van der Waals surface area contributed by atoms with Gasteiger partial charge < -0.3 is 33.8 Å². The van der Waals surface area contributed by atoms with Crippen LogP contribution < -0.4 is 0 Å². The van der Waals surface area contributed by atoms with Crippen LogP contribution in [0.15, 0.2) is 24.3 Å². The van der Waals surface area contributed by atoms with E-state index in [0.29, 0.717) is 31.6 Å². The second kappa shape index (κ2) is 56.4. The van der Waals surface area contributed by atoms with Crippen LogP contribution in [0.3, 0.4) is 0 Å². The molecule has 0 aromatic carbocycles. The molecule has 5 atom stereocenters. The molecule has 82 heavy (non-hydrogen) atoms. The predicted octanol–water partition coefficient (Wildman–Crippen LogP) is 17.0. The minimum atomic E-state index is -4.95. The normalized spacial score (nSPS) is 14.5. The number of phosphoric acid groups is 2. The van der Waals surface area contributed by atoms with Gasteiger partial charge in [0.2, 0.25) is 0 Å². The molecule has 19 heteroatoms. The first-order valence-corrected chi connectivity index (χ1v) is 35.4. The van der Waals surface area contributed by atoms with Crippen LogP contribution in [-0.2, 0) is 65.4 Å². The molecule has 3 N–H and O–H groups in total. The van der Waals surface area contributed by atoms with Gasteiger partial charge in [-0.3, -0.25) is 37.3 Å². The van der Waals surface area contributed by atoms with E-state index in [4.69, 9.17) is 37.0 Å². The van der Waals surface area contributed by atoms with Crippen molar-refractivity contribution in [3.8, 4) is 0 Å². The Balaban J connectivity index is 5.22. The van der Waals surface area contributed by atoms with E-state index in [9.17, 15) is 43.2 Å². The molecule has 0 radical (unpaired) electrons. The second-order valence-electron chi connectivity index (χ2n) is 22.6. The van der Waals surface area contributed by atoms with Gasteiger partial charge in [-0.25, -0.2) is 9.13 Å². The van der Waals surface area contributed by atoms with Crippen molar-refractivity contribution in [2.45, 2.75) is 310 Å². The summed E-state index contributed by atoms with van der Waals surface area (Å²) in [6, 6.07) is 0. The Morgan fingerprint density at radius 3 is 1.00 bits per heavy atom. The van der Waals surface area contributed by atoms with Gasteiger partial charge in [-0.15, -0.1) is 0 Å². The number of phosphoric ester groups is 2. The zero-order valence-corrected chi connectivity index (χ0v) is 53.9.